The SMILES string of the molecule is Nc1nc(-c2ccccc2)c(-c2cc(Cl)c3ncccc3c2)nc1C(=O)NC1CCC1. The molecule has 2 heterocycles. The minimum atomic E-state index is -0.302. The molecule has 0 atom stereocenters. The molecular weight excluding hydrogens is 410 g/mol. The van der Waals surface area contributed by atoms with E-state index in [2.05, 4.69) is 15.3 Å². The van der Waals surface area contributed by atoms with Crippen LogP contribution in [0.15, 0.2) is 60.8 Å². The predicted molar refractivity (Wildman–Crippen MR) is 123 cm³/mol. The number of hydrogen-bond acceptors (Lipinski definition) is 5. The summed E-state index contributed by atoms with van der Waals surface area (Å²) in [6.45, 7) is 0. The van der Waals surface area contributed by atoms with Crippen molar-refractivity contribution in [2.24, 2.45) is 0 Å². The normalized spacial score (nSPS) is 13.7. The first-order valence-electron chi connectivity index (χ1n) is 10.2. The van der Waals surface area contributed by atoms with Crippen LogP contribution in [-0.4, -0.2) is 26.9 Å². The van der Waals surface area contributed by atoms with Gasteiger partial charge in [-0.2, -0.15) is 0 Å². The van der Waals surface area contributed by atoms with Crippen LogP contribution in [0.1, 0.15) is 29.8 Å². The molecule has 2 aromatic carbocycles. The van der Waals surface area contributed by atoms with E-state index >= 15 is 0 Å². The number of aromatic nitrogens is 3. The van der Waals surface area contributed by atoms with Crippen LogP contribution in [0.5, 0.6) is 0 Å². The number of hydrogen-bond donors (Lipinski definition) is 2. The smallest absolute Gasteiger partial charge is 0.273 e. The fraction of sp³-hybridized carbons (Fsp3) is 0.167. The Morgan fingerprint density at radius 3 is 2.52 bits per heavy atom. The summed E-state index contributed by atoms with van der Waals surface area (Å²) in [5.74, 6) is -0.197. The van der Waals surface area contributed by atoms with Gasteiger partial charge in [-0.3, -0.25) is 9.78 Å². The number of rotatable bonds is 4. The Hall–Kier alpha value is -3.51. The lowest BCUT2D eigenvalue weighted by molar-refractivity contribution is 0.0912. The third-order valence-electron chi connectivity index (χ3n) is 5.56. The molecule has 0 unspecified atom stereocenters. The van der Waals surface area contributed by atoms with Gasteiger partial charge in [-0.05, 0) is 37.5 Å². The first-order valence-corrected chi connectivity index (χ1v) is 10.6. The van der Waals surface area contributed by atoms with Crippen LogP contribution in [-0.2, 0) is 0 Å². The highest BCUT2D eigenvalue weighted by atomic mass is 35.5. The van der Waals surface area contributed by atoms with E-state index in [0.29, 0.717) is 21.9 Å². The molecule has 0 bridgehead atoms. The highest BCUT2D eigenvalue weighted by Gasteiger charge is 2.25. The second-order valence-electron chi connectivity index (χ2n) is 7.66. The van der Waals surface area contributed by atoms with Crippen LogP contribution in [0.2, 0.25) is 5.02 Å². The summed E-state index contributed by atoms with van der Waals surface area (Å²) in [6, 6.07) is 17.4. The van der Waals surface area contributed by atoms with Crippen molar-refractivity contribution in [1.29, 1.82) is 0 Å². The topological polar surface area (TPSA) is 93.8 Å². The van der Waals surface area contributed by atoms with Crippen LogP contribution < -0.4 is 11.1 Å². The molecule has 31 heavy (non-hydrogen) atoms. The predicted octanol–water partition coefficient (Wildman–Crippen LogP) is 4.88. The molecular formula is C24H20ClN5O. The first kappa shape index (κ1) is 19.5. The molecule has 7 heteroatoms. The van der Waals surface area contributed by atoms with E-state index in [1.807, 2.05) is 48.5 Å². The Balaban J connectivity index is 1.69. The zero-order valence-electron chi connectivity index (χ0n) is 16.7. The molecule has 0 spiro atoms. The van der Waals surface area contributed by atoms with Crippen molar-refractivity contribution in [2.45, 2.75) is 25.3 Å². The number of nitrogens with zero attached hydrogens (tertiary/aromatic N) is 3. The van der Waals surface area contributed by atoms with Gasteiger partial charge < -0.3 is 11.1 Å². The number of carbonyl (C=O) groups is 1. The average Bonchev–Trinajstić information content (AvgIpc) is 2.76. The fourth-order valence-electron chi connectivity index (χ4n) is 3.70. The molecule has 4 aromatic rings. The van der Waals surface area contributed by atoms with Gasteiger partial charge in [0.1, 0.15) is 0 Å². The average molecular weight is 430 g/mol. The van der Waals surface area contributed by atoms with Gasteiger partial charge in [0.15, 0.2) is 11.5 Å². The van der Waals surface area contributed by atoms with Gasteiger partial charge in [-0.25, -0.2) is 9.97 Å². The van der Waals surface area contributed by atoms with Crippen LogP contribution in [0.3, 0.4) is 0 Å². The molecule has 6 nitrogen and oxygen atoms in total. The number of pyridine rings is 1. The monoisotopic (exact) mass is 429 g/mol. The third-order valence-corrected chi connectivity index (χ3v) is 5.85. The number of fused-ring (bicyclic) bond motifs is 1. The molecule has 1 aliphatic rings. The van der Waals surface area contributed by atoms with Gasteiger partial charge in [0.05, 0.1) is 21.9 Å². The van der Waals surface area contributed by atoms with E-state index in [4.69, 9.17) is 22.3 Å². The van der Waals surface area contributed by atoms with E-state index in [1.165, 1.54) is 0 Å². The number of nitrogen functional groups attached to an aromatic ring is 1. The van der Waals surface area contributed by atoms with Crippen molar-refractivity contribution in [3.63, 3.8) is 0 Å². The third kappa shape index (κ3) is 3.70. The maximum absolute atomic E-state index is 12.8. The van der Waals surface area contributed by atoms with Crippen molar-refractivity contribution in [3.05, 3.63) is 71.5 Å². The van der Waals surface area contributed by atoms with Gasteiger partial charge >= 0.3 is 0 Å². The Bertz CT molecular complexity index is 1290. The summed E-state index contributed by atoms with van der Waals surface area (Å²) in [7, 11) is 0. The number of carbonyl (C=O) groups excluding carboxylic acids is 1. The molecule has 3 N–H and O–H groups in total. The molecule has 0 radical (unpaired) electrons. The summed E-state index contributed by atoms with van der Waals surface area (Å²) in [5, 5.41) is 4.38. The van der Waals surface area contributed by atoms with E-state index < -0.39 is 0 Å². The summed E-state index contributed by atoms with van der Waals surface area (Å²) >= 11 is 6.52. The maximum Gasteiger partial charge on any atom is 0.273 e. The molecule has 0 saturated heterocycles. The Morgan fingerprint density at radius 1 is 1.00 bits per heavy atom. The van der Waals surface area contributed by atoms with Crippen LogP contribution in [0, 0.1) is 0 Å². The first-order chi connectivity index (χ1) is 15.1. The van der Waals surface area contributed by atoms with Gasteiger partial charge in [-0.1, -0.05) is 48.0 Å². The highest BCUT2D eigenvalue weighted by molar-refractivity contribution is 6.35. The fourth-order valence-corrected chi connectivity index (χ4v) is 3.98. The molecule has 2 aromatic heterocycles. The maximum atomic E-state index is 12.8. The summed E-state index contributed by atoms with van der Waals surface area (Å²) in [5.41, 5.74) is 9.77. The zero-order chi connectivity index (χ0) is 21.4. The van der Waals surface area contributed by atoms with Crippen LogP contribution >= 0.6 is 11.6 Å². The van der Waals surface area contributed by atoms with Gasteiger partial charge in [-0.15, -0.1) is 0 Å². The zero-order valence-corrected chi connectivity index (χ0v) is 17.4. The molecule has 154 valence electrons. The minimum Gasteiger partial charge on any atom is -0.382 e. The van der Waals surface area contributed by atoms with E-state index in [9.17, 15) is 4.79 Å². The number of benzene rings is 2. The van der Waals surface area contributed by atoms with E-state index in [-0.39, 0.29) is 23.5 Å². The van der Waals surface area contributed by atoms with Crippen LogP contribution in [0.25, 0.3) is 33.4 Å². The Morgan fingerprint density at radius 2 is 1.77 bits per heavy atom. The number of amides is 1. The second-order valence-corrected chi connectivity index (χ2v) is 8.06. The van der Waals surface area contributed by atoms with Crippen molar-refractivity contribution in [2.75, 3.05) is 5.73 Å². The summed E-state index contributed by atoms with van der Waals surface area (Å²) in [6.07, 6.45) is 4.77. The number of nitrogens with one attached hydrogen (secondary N) is 1. The van der Waals surface area contributed by atoms with Gasteiger partial charge in [0.2, 0.25) is 0 Å². The van der Waals surface area contributed by atoms with Crippen molar-refractivity contribution < 1.29 is 4.79 Å². The lowest BCUT2D eigenvalue weighted by Crippen LogP contribution is -2.40. The Kier molecular flexibility index (Phi) is 5.00. The highest BCUT2D eigenvalue weighted by Crippen LogP contribution is 2.35. The summed E-state index contributed by atoms with van der Waals surface area (Å²) in [4.78, 5) is 26.5. The lowest BCUT2D eigenvalue weighted by atomic mass is 9.93. The summed E-state index contributed by atoms with van der Waals surface area (Å²) < 4.78 is 0. The van der Waals surface area contributed by atoms with Gasteiger partial charge in [0, 0.05) is 28.8 Å². The number of nitrogens with two attached hydrogens (primary N) is 1. The molecule has 0 aliphatic heterocycles. The van der Waals surface area contributed by atoms with E-state index in [1.54, 1.807) is 12.3 Å². The van der Waals surface area contributed by atoms with E-state index in [0.717, 1.165) is 35.8 Å². The Labute approximate surface area is 184 Å². The van der Waals surface area contributed by atoms with Crippen molar-refractivity contribution in [3.8, 4) is 22.5 Å². The van der Waals surface area contributed by atoms with Crippen LogP contribution in [0.4, 0.5) is 5.82 Å². The lowest BCUT2D eigenvalue weighted by Gasteiger charge is -2.26. The van der Waals surface area contributed by atoms with Crippen molar-refractivity contribution in [1.82, 2.24) is 20.3 Å². The quantitative estimate of drug-likeness (QED) is 0.482. The largest absolute Gasteiger partial charge is 0.382 e. The standard InChI is InChI=1S/C24H20ClN5O/c25-18-13-16(12-15-8-5-11-27-19(15)18)21-20(14-6-2-1-3-7-14)30-23(26)22(29-21)24(31)28-17-9-4-10-17/h1-3,5-8,11-13,17H,4,9-10H2,(H2,26,30)(H,28,31). The second kappa shape index (κ2) is 7.96. The molecule has 1 aliphatic carbocycles. The molecule has 1 amide bonds. The van der Waals surface area contributed by atoms with Crippen molar-refractivity contribution >= 4 is 34.2 Å². The molecule has 5 rings (SSSR count). The van der Waals surface area contributed by atoms with Gasteiger partial charge in [0.25, 0.3) is 5.91 Å². The number of halogens is 1. The minimum absolute atomic E-state index is 0.105. The number of anilines is 1. The molecule has 1 fully saturated rings. The molecule has 1 saturated carbocycles.